The zero-order valence-corrected chi connectivity index (χ0v) is 23.4. The fourth-order valence-electron chi connectivity index (χ4n) is 13.5. The lowest BCUT2D eigenvalue weighted by Crippen LogP contribution is -2.68. The Kier molecular flexibility index (Phi) is 5.59. The van der Waals surface area contributed by atoms with E-state index in [1.54, 1.807) is 0 Å². The van der Waals surface area contributed by atoms with E-state index in [4.69, 9.17) is 0 Å². The van der Waals surface area contributed by atoms with Gasteiger partial charge in [-0.2, -0.15) is 0 Å². The Bertz CT molecular complexity index is 917. The van der Waals surface area contributed by atoms with E-state index >= 15 is 0 Å². The van der Waals surface area contributed by atoms with Gasteiger partial charge in [-0.25, -0.2) is 0 Å². The third-order valence-corrected chi connectivity index (χ3v) is 14.9. The molecular weight excluding hydrogens is 468 g/mol. The molecule has 0 aromatic carbocycles. The highest BCUT2D eigenvalue weighted by Crippen LogP contribution is 2.58. The summed E-state index contributed by atoms with van der Waals surface area (Å²) in [5.74, 6) is 9.04. The summed E-state index contributed by atoms with van der Waals surface area (Å²) >= 11 is 0. The summed E-state index contributed by atoms with van der Waals surface area (Å²) in [6, 6.07) is 1.27. The Balaban J connectivity index is 0.925. The first kappa shape index (κ1) is 23.9. The number of piperidine rings is 2. The first-order valence-electron chi connectivity index (χ1n) is 17.2. The molecule has 2 saturated heterocycles. The summed E-state index contributed by atoms with van der Waals surface area (Å²) in [7, 11) is 0. The lowest BCUT2D eigenvalue weighted by atomic mass is 9.57. The van der Waals surface area contributed by atoms with E-state index in [1.165, 1.54) is 89.9 Å². The maximum atomic E-state index is 14.1. The number of carbonyl (C=O) groups excluding carboxylic acids is 2. The molecule has 2 aliphatic heterocycles. The topological polar surface area (TPSA) is 58.2 Å². The van der Waals surface area contributed by atoms with Crippen LogP contribution < -0.4 is 10.6 Å². The van der Waals surface area contributed by atoms with Gasteiger partial charge in [0.05, 0.1) is 0 Å². The van der Waals surface area contributed by atoms with Gasteiger partial charge in [-0.1, -0.05) is 38.5 Å². The van der Waals surface area contributed by atoms with Crippen LogP contribution in [-0.4, -0.2) is 35.7 Å². The monoisotopic (exact) mass is 518 g/mol. The molecule has 9 fully saturated rings. The highest BCUT2D eigenvalue weighted by Gasteiger charge is 2.59. The maximum absolute atomic E-state index is 14.1. The fraction of sp³-hybridized carbons (Fsp3) is 0.941. The zero-order valence-electron chi connectivity index (χ0n) is 23.4. The van der Waals surface area contributed by atoms with E-state index < -0.39 is 0 Å². The molecule has 208 valence electrons. The standard InChI is InChI=1S/C34H50N2O2/c37-33-25-13-23-19(9-17-5-1-3-7-21(17)23)11-29(25)35-31-16-28-32(15-27(31)33)36-30-12-20-10-18-6-2-4-8-22(18)24(20)14-26(30)34(28)38/h17-32,35-36H,1-16H2. The first-order valence-corrected chi connectivity index (χ1v) is 17.2. The lowest BCUT2D eigenvalue weighted by molar-refractivity contribution is -0.145. The lowest BCUT2D eigenvalue weighted by Gasteiger charge is -2.55. The van der Waals surface area contributed by atoms with Crippen molar-refractivity contribution in [3.05, 3.63) is 0 Å². The molecule has 4 heteroatoms. The molecule has 0 aromatic heterocycles. The number of hydrogen-bond donors (Lipinski definition) is 2. The molecule has 7 aliphatic carbocycles. The number of fused-ring (bicyclic) bond motifs is 10. The molecule has 0 amide bonds. The average molecular weight is 519 g/mol. The summed E-state index contributed by atoms with van der Waals surface area (Å²) < 4.78 is 0. The Morgan fingerprint density at radius 2 is 0.789 bits per heavy atom. The van der Waals surface area contributed by atoms with Crippen LogP contribution in [0.3, 0.4) is 0 Å². The Morgan fingerprint density at radius 1 is 0.395 bits per heavy atom. The van der Waals surface area contributed by atoms with Crippen LogP contribution in [0.1, 0.15) is 103 Å². The summed E-state index contributed by atoms with van der Waals surface area (Å²) in [6.45, 7) is 0. The smallest absolute Gasteiger partial charge is 0.142 e. The van der Waals surface area contributed by atoms with Gasteiger partial charge in [0, 0.05) is 47.8 Å². The quantitative estimate of drug-likeness (QED) is 0.442. The average Bonchev–Trinajstić information content (AvgIpc) is 3.48. The third-order valence-electron chi connectivity index (χ3n) is 14.9. The van der Waals surface area contributed by atoms with Crippen molar-refractivity contribution in [3.8, 4) is 0 Å². The molecule has 0 spiro atoms. The summed E-state index contributed by atoms with van der Waals surface area (Å²) in [5.41, 5.74) is 0. The summed E-state index contributed by atoms with van der Waals surface area (Å²) in [6.07, 6.45) is 21.0. The fourth-order valence-corrected chi connectivity index (χ4v) is 13.5. The largest absolute Gasteiger partial charge is 0.310 e. The zero-order chi connectivity index (χ0) is 25.1. The number of ketones is 2. The second kappa shape index (κ2) is 8.88. The minimum Gasteiger partial charge on any atom is -0.310 e. The maximum Gasteiger partial charge on any atom is 0.142 e. The van der Waals surface area contributed by atoms with E-state index in [9.17, 15) is 9.59 Å². The van der Waals surface area contributed by atoms with Crippen molar-refractivity contribution in [2.75, 3.05) is 0 Å². The molecule has 4 nitrogen and oxygen atoms in total. The van der Waals surface area contributed by atoms with Crippen molar-refractivity contribution in [2.24, 2.45) is 71.0 Å². The van der Waals surface area contributed by atoms with Gasteiger partial charge >= 0.3 is 0 Å². The Labute approximate surface area is 229 Å². The van der Waals surface area contributed by atoms with Crippen molar-refractivity contribution in [2.45, 2.75) is 127 Å². The van der Waals surface area contributed by atoms with Gasteiger partial charge in [-0.05, 0) is 112 Å². The molecule has 0 aromatic rings. The molecule has 16 atom stereocenters. The van der Waals surface area contributed by atoms with Crippen LogP contribution in [0.5, 0.6) is 0 Å². The predicted octanol–water partition coefficient (Wildman–Crippen LogP) is 5.54. The SMILES string of the molecule is O=C1C2CC3NC4CC5CC6CCCCC6C5CC4C(=O)C3CC2NC2CC3CC4CCCCC4C3CC12. The number of nitrogens with one attached hydrogen (secondary N) is 2. The summed E-state index contributed by atoms with van der Waals surface area (Å²) in [4.78, 5) is 28.2. The number of Topliss-reactive ketones (excluding diaryl/α,β-unsaturated/α-hetero) is 2. The van der Waals surface area contributed by atoms with Crippen LogP contribution in [0.4, 0.5) is 0 Å². The van der Waals surface area contributed by atoms with E-state index in [2.05, 4.69) is 10.6 Å². The van der Waals surface area contributed by atoms with Crippen LogP contribution in [0, 0.1) is 71.0 Å². The normalized spacial score (nSPS) is 58.8. The molecule has 2 N–H and O–H groups in total. The molecule has 38 heavy (non-hydrogen) atoms. The van der Waals surface area contributed by atoms with Gasteiger partial charge in [0.2, 0.25) is 0 Å². The third kappa shape index (κ3) is 3.47. The van der Waals surface area contributed by atoms with Gasteiger partial charge < -0.3 is 10.6 Å². The highest BCUT2D eigenvalue weighted by molar-refractivity contribution is 5.89. The van der Waals surface area contributed by atoms with Crippen LogP contribution in [0.15, 0.2) is 0 Å². The van der Waals surface area contributed by atoms with Crippen LogP contribution in [0.2, 0.25) is 0 Å². The molecule has 2 heterocycles. The van der Waals surface area contributed by atoms with Crippen LogP contribution in [-0.2, 0) is 9.59 Å². The van der Waals surface area contributed by atoms with Crippen molar-refractivity contribution in [1.29, 1.82) is 0 Å². The molecule has 0 bridgehead atoms. The van der Waals surface area contributed by atoms with Crippen molar-refractivity contribution < 1.29 is 9.59 Å². The minimum absolute atomic E-state index is 0.139. The Hall–Kier alpha value is -0.740. The minimum atomic E-state index is 0.139. The van der Waals surface area contributed by atoms with E-state index in [0.717, 1.165) is 60.2 Å². The molecular formula is C34H50N2O2. The summed E-state index contributed by atoms with van der Waals surface area (Å²) in [5, 5.41) is 8.16. The van der Waals surface area contributed by atoms with Gasteiger partial charge in [0.1, 0.15) is 11.6 Å². The molecule has 9 aliphatic rings. The van der Waals surface area contributed by atoms with E-state index in [-0.39, 0.29) is 35.8 Å². The Morgan fingerprint density at radius 3 is 1.26 bits per heavy atom. The van der Waals surface area contributed by atoms with Crippen LogP contribution >= 0.6 is 0 Å². The molecule has 16 unspecified atom stereocenters. The van der Waals surface area contributed by atoms with Crippen molar-refractivity contribution >= 4 is 11.6 Å². The first-order chi connectivity index (χ1) is 18.6. The highest BCUT2D eigenvalue weighted by atomic mass is 16.1. The van der Waals surface area contributed by atoms with Gasteiger partial charge in [0.25, 0.3) is 0 Å². The number of hydrogen-bond acceptors (Lipinski definition) is 4. The van der Waals surface area contributed by atoms with Crippen molar-refractivity contribution in [1.82, 2.24) is 10.6 Å². The van der Waals surface area contributed by atoms with Crippen molar-refractivity contribution in [3.63, 3.8) is 0 Å². The predicted molar refractivity (Wildman–Crippen MR) is 147 cm³/mol. The van der Waals surface area contributed by atoms with Gasteiger partial charge in [-0.3, -0.25) is 9.59 Å². The second-order valence-electron chi connectivity index (χ2n) is 16.1. The van der Waals surface area contributed by atoms with Crippen LogP contribution in [0.25, 0.3) is 0 Å². The number of rotatable bonds is 0. The number of carbonyl (C=O) groups is 2. The molecule has 9 rings (SSSR count). The van der Waals surface area contributed by atoms with Gasteiger partial charge in [-0.15, -0.1) is 0 Å². The second-order valence-corrected chi connectivity index (χ2v) is 16.1. The molecule has 7 saturated carbocycles. The molecule has 0 radical (unpaired) electrons. The van der Waals surface area contributed by atoms with Gasteiger partial charge in [0.15, 0.2) is 0 Å². The van der Waals surface area contributed by atoms with E-state index in [0.29, 0.717) is 23.7 Å². The van der Waals surface area contributed by atoms with E-state index in [1.807, 2.05) is 0 Å².